The molecule has 72 valence electrons. The van der Waals surface area contributed by atoms with Crippen molar-refractivity contribution in [3.8, 4) is 12.1 Å². The van der Waals surface area contributed by atoms with Crippen LogP contribution in [0.5, 0.6) is 0 Å². The fraction of sp³-hybridized carbons (Fsp3) is 0.250. The first-order chi connectivity index (χ1) is 6.41. The van der Waals surface area contributed by atoms with Gasteiger partial charge >= 0.3 is 6.18 Å². The second-order valence-corrected chi connectivity index (χ2v) is 2.49. The number of alkyl halides is 4. The van der Waals surface area contributed by atoms with Crippen LogP contribution in [0.3, 0.4) is 0 Å². The van der Waals surface area contributed by atoms with E-state index in [-0.39, 0.29) is 0 Å². The van der Waals surface area contributed by atoms with Crippen LogP contribution in [0.4, 0.5) is 17.6 Å². The standard InChI is InChI=1S/C8H2F4N2/c9-6-1-4(2-13)5(3-14)7(6)8(10,11)12/h1,6H. The Balaban J connectivity index is 3.32. The maximum absolute atomic E-state index is 12.8. The van der Waals surface area contributed by atoms with E-state index in [2.05, 4.69) is 0 Å². The third-order valence-corrected chi connectivity index (χ3v) is 1.67. The summed E-state index contributed by atoms with van der Waals surface area (Å²) in [6.07, 6.45) is -6.85. The van der Waals surface area contributed by atoms with Gasteiger partial charge in [0.1, 0.15) is 12.1 Å². The van der Waals surface area contributed by atoms with Gasteiger partial charge in [0.15, 0.2) is 6.17 Å². The zero-order valence-electron chi connectivity index (χ0n) is 6.56. The highest BCUT2D eigenvalue weighted by atomic mass is 19.4. The monoisotopic (exact) mass is 202 g/mol. The molecular weight excluding hydrogens is 200 g/mol. The lowest BCUT2D eigenvalue weighted by molar-refractivity contribution is -0.0980. The van der Waals surface area contributed by atoms with Crippen LogP contribution in [0.15, 0.2) is 22.8 Å². The predicted octanol–water partition coefficient (Wildman–Crippen LogP) is 2.17. The highest BCUT2D eigenvalue weighted by molar-refractivity contribution is 5.60. The van der Waals surface area contributed by atoms with Crippen molar-refractivity contribution in [2.45, 2.75) is 12.3 Å². The zero-order valence-corrected chi connectivity index (χ0v) is 6.56. The first-order valence-electron chi connectivity index (χ1n) is 3.39. The maximum atomic E-state index is 12.8. The molecule has 1 atom stereocenters. The van der Waals surface area contributed by atoms with Gasteiger partial charge in [-0.15, -0.1) is 0 Å². The van der Waals surface area contributed by atoms with Crippen molar-refractivity contribution in [1.82, 2.24) is 0 Å². The fourth-order valence-electron chi connectivity index (χ4n) is 1.11. The van der Waals surface area contributed by atoms with E-state index in [0.717, 1.165) is 0 Å². The first kappa shape index (κ1) is 10.3. The molecule has 6 heteroatoms. The Labute approximate surface area is 76.4 Å². The number of halogens is 4. The summed E-state index contributed by atoms with van der Waals surface area (Å²) in [6.45, 7) is 0. The summed E-state index contributed by atoms with van der Waals surface area (Å²) in [4.78, 5) is 0. The molecule has 14 heavy (non-hydrogen) atoms. The van der Waals surface area contributed by atoms with Crippen LogP contribution in [0.25, 0.3) is 0 Å². The van der Waals surface area contributed by atoms with Gasteiger partial charge in [-0.05, 0) is 6.08 Å². The van der Waals surface area contributed by atoms with E-state index in [1.165, 1.54) is 12.1 Å². The summed E-state index contributed by atoms with van der Waals surface area (Å²) in [5.74, 6) is 0. The lowest BCUT2D eigenvalue weighted by Crippen LogP contribution is -2.19. The number of hydrogen-bond acceptors (Lipinski definition) is 2. The van der Waals surface area contributed by atoms with E-state index in [0.29, 0.717) is 6.08 Å². The molecule has 1 aliphatic rings. The van der Waals surface area contributed by atoms with Gasteiger partial charge in [-0.25, -0.2) is 4.39 Å². The molecule has 0 N–H and O–H groups in total. The van der Waals surface area contributed by atoms with Crippen LogP contribution in [-0.4, -0.2) is 12.3 Å². The van der Waals surface area contributed by atoms with Crippen LogP contribution < -0.4 is 0 Å². The molecule has 0 radical (unpaired) electrons. The molecule has 0 aromatic heterocycles. The van der Waals surface area contributed by atoms with Crippen LogP contribution in [0.1, 0.15) is 0 Å². The van der Waals surface area contributed by atoms with E-state index < -0.39 is 29.1 Å². The minimum Gasteiger partial charge on any atom is -0.238 e. The number of allylic oxidation sites excluding steroid dienone is 4. The number of nitrogens with zero attached hydrogens (tertiary/aromatic N) is 2. The van der Waals surface area contributed by atoms with Gasteiger partial charge in [0.05, 0.1) is 16.7 Å². The second kappa shape index (κ2) is 3.15. The molecule has 1 rings (SSSR count). The van der Waals surface area contributed by atoms with Crippen molar-refractivity contribution >= 4 is 0 Å². The molecule has 0 fully saturated rings. The zero-order chi connectivity index (χ0) is 10.9. The molecule has 0 heterocycles. The Hall–Kier alpha value is -1.82. The predicted molar refractivity (Wildman–Crippen MR) is 37.3 cm³/mol. The molecule has 0 spiro atoms. The molecule has 0 amide bonds. The molecule has 0 aromatic carbocycles. The molecule has 0 aromatic rings. The largest absolute Gasteiger partial charge is 0.417 e. The van der Waals surface area contributed by atoms with Crippen molar-refractivity contribution in [3.05, 3.63) is 22.8 Å². The highest BCUT2D eigenvalue weighted by Gasteiger charge is 2.45. The Morgan fingerprint density at radius 1 is 1.21 bits per heavy atom. The molecule has 0 aliphatic heterocycles. The van der Waals surface area contributed by atoms with E-state index in [1.807, 2.05) is 0 Å². The van der Waals surface area contributed by atoms with Gasteiger partial charge in [0, 0.05) is 0 Å². The SMILES string of the molecule is N#CC1=CC(F)C(C(F)(F)F)=C1C#N. The fourth-order valence-corrected chi connectivity index (χ4v) is 1.11. The molecule has 0 bridgehead atoms. The Morgan fingerprint density at radius 3 is 2.14 bits per heavy atom. The molecule has 0 saturated heterocycles. The summed E-state index contributed by atoms with van der Waals surface area (Å²) in [6, 6.07) is 2.52. The molecule has 1 unspecified atom stereocenters. The normalized spacial score (nSPS) is 21.6. The van der Waals surface area contributed by atoms with Gasteiger partial charge in [0.2, 0.25) is 0 Å². The van der Waals surface area contributed by atoms with Gasteiger partial charge in [-0.3, -0.25) is 0 Å². The van der Waals surface area contributed by atoms with E-state index in [4.69, 9.17) is 10.5 Å². The van der Waals surface area contributed by atoms with Gasteiger partial charge in [-0.2, -0.15) is 23.7 Å². The summed E-state index contributed by atoms with van der Waals surface area (Å²) < 4.78 is 49.3. The summed E-state index contributed by atoms with van der Waals surface area (Å²) >= 11 is 0. The smallest absolute Gasteiger partial charge is 0.238 e. The van der Waals surface area contributed by atoms with Gasteiger partial charge in [-0.1, -0.05) is 0 Å². The van der Waals surface area contributed by atoms with Crippen LogP contribution in [0, 0.1) is 22.7 Å². The van der Waals surface area contributed by atoms with Crippen LogP contribution >= 0.6 is 0 Å². The Morgan fingerprint density at radius 2 is 1.79 bits per heavy atom. The molecule has 1 aliphatic carbocycles. The third-order valence-electron chi connectivity index (χ3n) is 1.67. The molecular formula is C8H2F4N2. The lowest BCUT2D eigenvalue weighted by Gasteiger charge is -2.09. The van der Waals surface area contributed by atoms with Gasteiger partial charge in [0.25, 0.3) is 0 Å². The van der Waals surface area contributed by atoms with Crippen LogP contribution in [-0.2, 0) is 0 Å². The maximum Gasteiger partial charge on any atom is 0.417 e. The van der Waals surface area contributed by atoms with Crippen molar-refractivity contribution in [1.29, 1.82) is 10.5 Å². The Bertz CT molecular complexity index is 403. The topological polar surface area (TPSA) is 47.6 Å². The van der Waals surface area contributed by atoms with Crippen molar-refractivity contribution in [2.75, 3.05) is 0 Å². The minimum atomic E-state index is -4.92. The summed E-state index contributed by atoms with van der Waals surface area (Å²) in [5.41, 5.74) is -3.07. The quantitative estimate of drug-likeness (QED) is 0.565. The second-order valence-electron chi connectivity index (χ2n) is 2.49. The van der Waals surface area contributed by atoms with Crippen molar-refractivity contribution in [2.24, 2.45) is 0 Å². The first-order valence-corrected chi connectivity index (χ1v) is 3.39. The average molecular weight is 202 g/mol. The number of rotatable bonds is 0. The van der Waals surface area contributed by atoms with E-state index in [9.17, 15) is 17.6 Å². The molecule has 0 saturated carbocycles. The van der Waals surface area contributed by atoms with Gasteiger partial charge < -0.3 is 0 Å². The Kier molecular flexibility index (Phi) is 2.31. The van der Waals surface area contributed by atoms with Crippen molar-refractivity contribution in [3.63, 3.8) is 0 Å². The van der Waals surface area contributed by atoms with E-state index >= 15 is 0 Å². The lowest BCUT2D eigenvalue weighted by atomic mass is 10.1. The highest BCUT2D eigenvalue weighted by Crippen LogP contribution is 2.39. The summed E-state index contributed by atoms with van der Waals surface area (Å²) in [7, 11) is 0. The third kappa shape index (κ3) is 1.47. The van der Waals surface area contributed by atoms with Crippen molar-refractivity contribution < 1.29 is 17.6 Å². The number of hydrogen-bond donors (Lipinski definition) is 0. The summed E-state index contributed by atoms with van der Waals surface area (Å²) in [5, 5.41) is 16.7. The van der Waals surface area contributed by atoms with Crippen LogP contribution in [0.2, 0.25) is 0 Å². The molecule has 2 nitrogen and oxygen atoms in total. The van der Waals surface area contributed by atoms with E-state index in [1.54, 1.807) is 0 Å². The average Bonchev–Trinajstić information content (AvgIpc) is 2.40. The number of nitriles is 2. The minimum absolute atomic E-state index is 0.487.